The van der Waals surface area contributed by atoms with Gasteiger partial charge >= 0.3 is 0 Å². The molecule has 1 heterocycles. The third kappa shape index (κ3) is 3.48. The summed E-state index contributed by atoms with van der Waals surface area (Å²) >= 11 is 1.74. The van der Waals surface area contributed by atoms with E-state index in [9.17, 15) is 5.11 Å². The Morgan fingerprint density at radius 1 is 1.28 bits per heavy atom. The van der Waals surface area contributed by atoms with Crippen molar-refractivity contribution in [1.29, 1.82) is 0 Å². The fourth-order valence-corrected chi connectivity index (χ4v) is 2.36. The molecular weight excluding hydrogens is 246 g/mol. The lowest BCUT2D eigenvalue weighted by molar-refractivity contribution is 0.317. The zero-order valence-electron chi connectivity index (χ0n) is 10.3. The third-order valence-corrected chi connectivity index (χ3v) is 3.41. The zero-order chi connectivity index (χ0) is 12.8. The van der Waals surface area contributed by atoms with Crippen molar-refractivity contribution in [3.8, 4) is 11.5 Å². The number of aromatic hydroxyl groups is 1. The van der Waals surface area contributed by atoms with Crippen molar-refractivity contribution in [3.63, 3.8) is 0 Å². The number of rotatable bonds is 6. The normalized spacial score (nSPS) is 10.5. The molecule has 0 aliphatic rings. The molecule has 0 spiro atoms. The van der Waals surface area contributed by atoms with Gasteiger partial charge in [0, 0.05) is 18.0 Å². The quantitative estimate of drug-likeness (QED) is 0.841. The average Bonchev–Trinajstić information content (AvgIpc) is 2.87. The van der Waals surface area contributed by atoms with Crippen LogP contribution in [-0.4, -0.2) is 11.7 Å². The van der Waals surface area contributed by atoms with E-state index in [1.54, 1.807) is 17.4 Å². The fraction of sp³-hybridized carbons (Fsp3) is 0.286. The summed E-state index contributed by atoms with van der Waals surface area (Å²) in [6.45, 7) is 4.08. The molecule has 2 rings (SSSR count). The van der Waals surface area contributed by atoms with Crippen molar-refractivity contribution in [2.45, 2.75) is 20.0 Å². The minimum Gasteiger partial charge on any atom is -0.504 e. The van der Waals surface area contributed by atoms with Crippen LogP contribution in [0.4, 0.5) is 0 Å². The van der Waals surface area contributed by atoms with Gasteiger partial charge in [0.25, 0.3) is 0 Å². The Labute approximate surface area is 111 Å². The van der Waals surface area contributed by atoms with Crippen molar-refractivity contribution >= 4 is 11.3 Å². The number of hydrogen-bond acceptors (Lipinski definition) is 4. The van der Waals surface area contributed by atoms with E-state index in [0.29, 0.717) is 12.4 Å². The molecule has 0 aliphatic carbocycles. The first kappa shape index (κ1) is 12.9. The van der Waals surface area contributed by atoms with Gasteiger partial charge in [0.1, 0.15) is 0 Å². The molecule has 2 aromatic rings. The molecule has 18 heavy (non-hydrogen) atoms. The van der Waals surface area contributed by atoms with Gasteiger partial charge in [-0.05, 0) is 36.1 Å². The standard InChI is InChI=1S/C14H17NO2S/c1-2-17-14-8-11(5-6-13(14)16)9-15-10-12-4-3-7-18-12/h3-8,15-16H,2,9-10H2,1H3. The first-order valence-corrected chi connectivity index (χ1v) is 6.85. The van der Waals surface area contributed by atoms with Crippen LogP contribution in [0.15, 0.2) is 35.7 Å². The second-order valence-corrected chi connectivity index (χ2v) is 4.95. The van der Waals surface area contributed by atoms with Crippen molar-refractivity contribution < 1.29 is 9.84 Å². The number of ether oxygens (including phenoxy) is 1. The van der Waals surface area contributed by atoms with Gasteiger partial charge in [-0.15, -0.1) is 11.3 Å². The number of benzene rings is 1. The molecule has 0 unspecified atom stereocenters. The Bertz CT molecular complexity index is 483. The lowest BCUT2D eigenvalue weighted by Gasteiger charge is -2.09. The largest absolute Gasteiger partial charge is 0.504 e. The van der Waals surface area contributed by atoms with Gasteiger partial charge in [-0.3, -0.25) is 0 Å². The van der Waals surface area contributed by atoms with E-state index < -0.39 is 0 Å². The molecule has 1 aromatic carbocycles. The molecule has 0 aliphatic heterocycles. The summed E-state index contributed by atoms with van der Waals surface area (Å²) in [7, 11) is 0. The van der Waals surface area contributed by atoms with Crippen molar-refractivity contribution in [2.75, 3.05) is 6.61 Å². The van der Waals surface area contributed by atoms with E-state index in [1.165, 1.54) is 4.88 Å². The van der Waals surface area contributed by atoms with Gasteiger partial charge in [0.05, 0.1) is 6.61 Å². The molecule has 0 bridgehead atoms. The van der Waals surface area contributed by atoms with E-state index in [4.69, 9.17) is 4.74 Å². The molecule has 4 heteroatoms. The number of phenols is 1. The summed E-state index contributed by atoms with van der Waals surface area (Å²) in [4.78, 5) is 1.32. The van der Waals surface area contributed by atoms with Crippen LogP contribution < -0.4 is 10.1 Å². The van der Waals surface area contributed by atoms with Crippen LogP contribution in [0.5, 0.6) is 11.5 Å². The molecule has 3 nitrogen and oxygen atoms in total. The monoisotopic (exact) mass is 263 g/mol. The first-order valence-electron chi connectivity index (χ1n) is 5.97. The van der Waals surface area contributed by atoms with Crippen LogP contribution in [0.2, 0.25) is 0 Å². The predicted molar refractivity (Wildman–Crippen MR) is 74.1 cm³/mol. The zero-order valence-corrected chi connectivity index (χ0v) is 11.2. The van der Waals surface area contributed by atoms with E-state index >= 15 is 0 Å². The maximum atomic E-state index is 9.60. The summed E-state index contributed by atoms with van der Waals surface area (Å²) in [5, 5.41) is 15.0. The number of nitrogens with one attached hydrogen (secondary N) is 1. The van der Waals surface area contributed by atoms with Gasteiger partial charge in [-0.25, -0.2) is 0 Å². The molecule has 0 fully saturated rings. The van der Waals surface area contributed by atoms with E-state index in [2.05, 4.69) is 22.8 Å². The lowest BCUT2D eigenvalue weighted by atomic mass is 10.2. The van der Waals surface area contributed by atoms with Crippen LogP contribution >= 0.6 is 11.3 Å². The van der Waals surface area contributed by atoms with E-state index in [1.807, 2.05) is 19.1 Å². The van der Waals surface area contributed by atoms with Gasteiger partial charge in [0.2, 0.25) is 0 Å². The number of phenolic OH excluding ortho intramolecular Hbond substituents is 1. The highest BCUT2D eigenvalue weighted by Gasteiger charge is 2.03. The Hall–Kier alpha value is -1.52. The second-order valence-electron chi connectivity index (χ2n) is 3.92. The lowest BCUT2D eigenvalue weighted by Crippen LogP contribution is -2.11. The second kappa shape index (κ2) is 6.42. The minimum atomic E-state index is 0.193. The van der Waals surface area contributed by atoms with Gasteiger partial charge in [0.15, 0.2) is 11.5 Å². The molecule has 2 N–H and O–H groups in total. The Balaban J connectivity index is 1.90. The number of hydrogen-bond donors (Lipinski definition) is 2. The highest BCUT2D eigenvalue weighted by molar-refractivity contribution is 7.09. The SMILES string of the molecule is CCOc1cc(CNCc2cccs2)ccc1O. The third-order valence-electron chi connectivity index (χ3n) is 2.53. The maximum absolute atomic E-state index is 9.60. The van der Waals surface area contributed by atoms with Gasteiger partial charge in [-0.2, -0.15) is 0 Å². The molecule has 0 amide bonds. The molecule has 0 radical (unpaired) electrons. The van der Waals surface area contributed by atoms with Gasteiger partial charge < -0.3 is 15.2 Å². The summed E-state index contributed by atoms with van der Waals surface area (Å²) in [5.41, 5.74) is 1.10. The van der Waals surface area contributed by atoms with Crippen molar-refractivity contribution in [3.05, 3.63) is 46.2 Å². The average molecular weight is 263 g/mol. The van der Waals surface area contributed by atoms with Crippen LogP contribution in [0.3, 0.4) is 0 Å². The number of thiophene rings is 1. The predicted octanol–water partition coefficient (Wildman–Crippen LogP) is 3.14. The summed E-state index contributed by atoms with van der Waals surface area (Å²) in [6, 6.07) is 9.61. The molecular formula is C14H17NO2S. The smallest absolute Gasteiger partial charge is 0.161 e. The van der Waals surface area contributed by atoms with Crippen LogP contribution in [0, 0.1) is 0 Å². The summed E-state index contributed by atoms with van der Waals surface area (Å²) in [5.74, 6) is 0.742. The maximum Gasteiger partial charge on any atom is 0.161 e. The minimum absolute atomic E-state index is 0.193. The van der Waals surface area contributed by atoms with Crippen LogP contribution in [-0.2, 0) is 13.1 Å². The Morgan fingerprint density at radius 3 is 2.89 bits per heavy atom. The first-order chi connectivity index (χ1) is 8.79. The summed E-state index contributed by atoms with van der Waals surface area (Å²) in [6.07, 6.45) is 0. The Kier molecular flexibility index (Phi) is 4.61. The van der Waals surface area contributed by atoms with Crippen molar-refractivity contribution in [2.24, 2.45) is 0 Å². The Morgan fingerprint density at radius 2 is 2.17 bits per heavy atom. The topological polar surface area (TPSA) is 41.5 Å². The van der Waals surface area contributed by atoms with Crippen molar-refractivity contribution in [1.82, 2.24) is 5.32 Å². The molecule has 96 valence electrons. The molecule has 1 aromatic heterocycles. The highest BCUT2D eigenvalue weighted by Crippen LogP contribution is 2.26. The van der Waals surface area contributed by atoms with E-state index in [-0.39, 0.29) is 5.75 Å². The molecule has 0 atom stereocenters. The van der Waals surface area contributed by atoms with Crippen LogP contribution in [0.25, 0.3) is 0 Å². The fourth-order valence-electron chi connectivity index (χ4n) is 1.68. The molecule has 0 saturated carbocycles. The van der Waals surface area contributed by atoms with E-state index in [0.717, 1.165) is 18.7 Å². The van der Waals surface area contributed by atoms with Crippen LogP contribution in [0.1, 0.15) is 17.4 Å². The van der Waals surface area contributed by atoms with Gasteiger partial charge in [-0.1, -0.05) is 12.1 Å². The molecule has 0 saturated heterocycles. The highest BCUT2D eigenvalue weighted by atomic mass is 32.1. The summed E-state index contributed by atoms with van der Waals surface area (Å²) < 4.78 is 5.35.